The van der Waals surface area contributed by atoms with E-state index in [1.165, 1.54) is 19.1 Å². The number of alkyl carbamates (subject to hydrolysis) is 1. The van der Waals surface area contributed by atoms with E-state index in [1.54, 1.807) is 50.4 Å². The topological polar surface area (TPSA) is 162 Å². The molecule has 0 radical (unpaired) electrons. The number of hydrogen-bond donors (Lipinski definition) is 3. The molecule has 4 bridgehead atoms. The molecule has 50 heavy (non-hydrogen) atoms. The van der Waals surface area contributed by atoms with Crippen LogP contribution in [-0.4, -0.2) is 86.5 Å². The molecule has 8 atom stereocenters. The standard InChI is InChI=1S/C37H46ClN3O9/c1-21-11-10-14-29(47-6)37(45)19-28(49-35(44)40-37)22(2)34-36(3,50-34)30(48-20-26(42)33(39)24-12-8-7-9-13-24)18-31(43)41(4)25-16-23(15-21)17-27(46-5)32(25)38/h7-14,16-17,22,28-30,33-34,45H,15,18-20,39H2,1-6H3,(H,40,44)/b14-10+,21-11+. The first-order chi connectivity index (χ1) is 23.7. The number of carbonyl (C=O) groups excluding carboxylic acids is 3. The van der Waals surface area contributed by atoms with E-state index in [1.807, 2.05) is 38.1 Å². The third-order valence-corrected chi connectivity index (χ3v) is 10.3. The number of fused-ring (bicyclic) bond motifs is 5. The summed E-state index contributed by atoms with van der Waals surface area (Å²) in [6.07, 6.45) is 1.61. The highest BCUT2D eigenvalue weighted by Gasteiger charge is 2.63. The van der Waals surface area contributed by atoms with Crippen molar-refractivity contribution in [2.75, 3.05) is 32.8 Å². The second kappa shape index (κ2) is 15.2. The minimum atomic E-state index is -1.79. The molecule has 13 heteroatoms. The summed E-state index contributed by atoms with van der Waals surface area (Å²) in [7, 11) is 4.57. The quantitative estimate of drug-likeness (QED) is 0.351. The number of hydrogen-bond acceptors (Lipinski definition) is 10. The van der Waals surface area contributed by atoms with Crippen molar-refractivity contribution in [1.29, 1.82) is 0 Å². The summed E-state index contributed by atoms with van der Waals surface area (Å²) in [6, 6.07) is 11.6. The summed E-state index contributed by atoms with van der Waals surface area (Å²) < 4.78 is 29.4. The predicted molar refractivity (Wildman–Crippen MR) is 187 cm³/mol. The maximum atomic E-state index is 14.0. The molecule has 3 aliphatic heterocycles. The second-order valence-corrected chi connectivity index (χ2v) is 13.8. The maximum Gasteiger partial charge on any atom is 0.409 e. The normalized spacial score (nSPS) is 32.5. The number of ketones is 1. The van der Waals surface area contributed by atoms with Crippen LogP contribution in [0.15, 0.2) is 66.3 Å². The number of Topliss-reactive ketones (excluding diaryl/α,β-unsaturated/α-hetero) is 1. The lowest BCUT2D eigenvalue weighted by atomic mass is 9.83. The Bertz CT molecular complexity index is 1650. The van der Waals surface area contributed by atoms with Crippen molar-refractivity contribution >= 4 is 35.1 Å². The van der Waals surface area contributed by atoms with Gasteiger partial charge in [0.15, 0.2) is 11.5 Å². The first-order valence-corrected chi connectivity index (χ1v) is 16.9. The second-order valence-electron chi connectivity index (χ2n) is 13.5. The number of halogens is 1. The molecule has 0 spiro atoms. The molecule has 0 aliphatic carbocycles. The number of anilines is 1. The Labute approximate surface area is 297 Å². The van der Waals surface area contributed by atoms with E-state index >= 15 is 0 Å². The number of carbonyl (C=O) groups is 3. The van der Waals surface area contributed by atoms with Gasteiger partial charge in [0.2, 0.25) is 5.91 Å². The van der Waals surface area contributed by atoms with Gasteiger partial charge in [-0.1, -0.05) is 72.7 Å². The first-order valence-electron chi connectivity index (χ1n) is 16.5. The number of allylic oxidation sites excluding steroid dienone is 3. The predicted octanol–water partition coefficient (Wildman–Crippen LogP) is 4.41. The molecule has 0 saturated carbocycles. The van der Waals surface area contributed by atoms with Crippen molar-refractivity contribution in [3.63, 3.8) is 0 Å². The number of ether oxygens (including phenoxy) is 5. The molecule has 3 aliphatic rings. The van der Waals surface area contributed by atoms with Gasteiger partial charge in [0, 0.05) is 26.5 Å². The van der Waals surface area contributed by atoms with Crippen LogP contribution in [0.5, 0.6) is 5.75 Å². The molecule has 4 N–H and O–H groups in total. The van der Waals surface area contributed by atoms with Crippen LogP contribution in [0.4, 0.5) is 10.5 Å². The minimum Gasteiger partial charge on any atom is -0.495 e. The van der Waals surface area contributed by atoms with Crippen molar-refractivity contribution in [3.8, 4) is 5.75 Å². The van der Waals surface area contributed by atoms with Gasteiger partial charge < -0.3 is 39.4 Å². The van der Waals surface area contributed by atoms with Crippen molar-refractivity contribution in [2.45, 2.75) is 81.8 Å². The van der Waals surface area contributed by atoms with Crippen LogP contribution >= 0.6 is 11.6 Å². The van der Waals surface area contributed by atoms with Gasteiger partial charge in [0.25, 0.3) is 0 Å². The van der Waals surface area contributed by atoms with E-state index < -0.39 is 53.8 Å². The molecule has 270 valence electrons. The smallest absolute Gasteiger partial charge is 0.409 e. The van der Waals surface area contributed by atoms with E-state index in [2.05, 4.69) is 5.32 Å². The average Bonchev–Trinajstić information content (AvgIpc) is 3.79. The number of amides is 2. The number of aliphatic hydroxyl groups is 1. The fraction of sp³-hybridized carbons (Fsp3) is 0.486. The Hall–Kier alpha value is -3.78. The van der Waals surface area contributed by atoms with Crippen LogP contribution in [0.2, 0.25) is 5.02 Å². The average molecular weight is 712 g/mol. The molecule has 8 unspecified atom stereocenters. The van der Waals surface area contributed by atoms with Gasteiger partial charge in [-0.15, -0.1) is 0 Å². The number of benzene rings is 2. The van der Waals surface area contributed by atoms with E-state index in [0.717, 1.165) is 11.1 Å². The molecule has 2 amide bonds. The van der Waals surface area contributed by atoms with Crippen LogP contribution in [0, 0.1) is 5.92 Å². The summed E-state index contributed by atoms with van der Waals surface area (Å²) >= 11 is 6.75. The number of rotatable bonds is 7. The minimum absolute atomic E-state index is 0.0108. The molecule has 2 aromatic carbocycles. The molecule has 12 nitrogen and oxygen atoms in total. The van der Waals surface area contributed by atoms with E-state index in [-0.39, 0.29) is 36.2 Å². The third kappa shape index (κ3) is 7.91. The zero-order valence-corrected chi connectivity index (χ0v) is 29.9. The largest absolute Gasteiger partial charge is 0.495 e. The first kappa shape index (κ1) is 37.5. The fourth-order valence-electron chi connectivity index (χ4n) is 6.79. The molecule has 2 aromatic rings. The van der Waals surface area contributed by atoms with Gasteiger partial charge in [-0.05, 0) is 43.5 Å². The van der Waals surface area contributed by atoms with Gasteiger partial charge >= 0.3 is 6.09 Å². The van der Waals surface area contributed by atoms with Crippen molar-refractivity contribution in [3.05, 3.63) is 82.4 Å². The Kier molecular flexibility index (Phi) is 11.4. The highest BCUT2D eigenvalue weighted by atomic mass is 35.5. The zero-order valence-electron chi connectivity index (χ0n) is 29.2. The summed E-state index contributed by atoms with van der Waals surface area (Å²) in [5.74, 6) is -0.781. The zero-order chi connectivity index (χ0) is 36.4. The monoisotopic (exact) mass is 711 g/mol. The van der Waals surface area contributed by atoms with Crippen molar-refractivity contribution < 1.29 is 43.2 Å². The Morgan fingerprint density at radius 3 is 2.62 bits per heavy atom. The number of epoxide rings is 1. The number of nitrogens with one attached hydrogen (secondary N) is 1. The van der Waals surface area contributed by atoms with Crippen molar-refractivity contribution in [1.82, 2.24) is 5.32 Å². The number of nitrogens with zero attached hydrogens (tertiary/aromatic N) is 1. The van der Waals surface area contributed by atoms with Crippen LogP contribution < -0.4 is 20.7 Å². The van der Waals surface area contributed by atoms with E-state index in [4.69, 9.17) is 41.0 Å². The molecule has 5 rings (SSSR count). The Morgan fingerprint density at radius 1 is 1.22 bits per heavy atom. The molecular weight excluding hydrogens is 666 g/mol. The van der Waals surface area contributed by atoms with Crippen LogP contribution in [0.1, 0.15) is 50.8 Å². The lowest BCUT2D eigenvalue weighted by Crippen LogP contribution is -2.63. The Morgan fingerprint density at radius 2 is 1.94 bits per heavy atom. The molecule has 2 saturated heterocycles. The van der Waals surface area contributed by atoms with E-state index in [9.17, 15) is 19.5 Å². The maximum absolute atomic E-state index is 14.0. The number of nitrogens with two attached hydrogens (primary N) is 1. The highest BCUT2D eigenvalue weighted by molar-refractivity contribution is 6.35. The van der Waals surface area contributed by atoms with Gasteiger partial charge in [-0.2, -0.15) is 0 Å². The SMILES string of the molecule is COc1cc2cc(c1Cl)N(C)C(=O)CC(OCC(=O)C(N)c1ccccc1)C1(C)OC1C(C)C1CC(O)(NC(=O)O1)C(OC)/C=C/C=C(\C)C2. The molecule has 2 fully saturated rings. The molecular formula is C37H46ClN3O9. The van der Waals surface area contributed by atoms with Gasteiger partial charge in [0.1, 0.15) is 35.2 Å². The summed E-state index contributed by atoms with van der Waals surface area (Å²) in [5.41, 5.74) is 6.27. The summed E-state index contributed by atoms with van der Waals surface area (Å²) in [5, 5.41) is 14.5. The highest BCUT2D eigenvalue weighted by Crippen LogP contribution is 2.49. The van der Waals surface area contributed by atoms with Gasteiger partial charge in [-0.25, -0.2) is 4.79 Å². The van der Waals surface area contributed by atoms with Crippen LogP contribution in [0.3, 0.4) is 0 Å². The van der Waals surface area contributed by atoms with Crippen molar-refractivity contribution in [2.24, 2.45) is 11.7 Å². The van der Waals surface area contributed by atoms with E-state index in [0.29, 0.717) is 23.4 Å². The lowest BCUT2D eigenvalue weighted by Gasteiger charge is -2.42. The summed E-state index contributed by atoms with van der Waals surface area (Å²) in [6.45, 7) is 5.19. The lowest BCUT2D eigenvalue weighted by molar-refractivity contribution is -0.142. The summed E-state index contributed by atoms with van der Waals surface area (Å²) in [4.78, 5) is 41.5. The number of methoxy groups -OCH3 is 2. The van der Waals surface area contributed by atoms with Gasteiger partial charge in [0.05, 0.1) is 37.5 Å². The van der Waals surface area contributed by atoms with Crippen LogP contribution in [0.25, 0.3) is 0 Å². The molecule has 3 heterocycles. The fourth-order valence-corrected chi connectivity index (χ4v) is 7.10. The van der Waals surface area contributed by atoms with Gasteiger partial charge in [-0.3, -0.25) is 14.9 Å². The Balaban J connectivity index is 1.52. The molecule has 0 aromatic heterocycles. The van der Waals surface area contributed by atoms with Crippen LogP contribution in [-0.2, 0) is 35.0 Å². The third-order valence-electron chi connectivity index (χ3n) is 9.88.